The van der Waals surface area contributed by atoms with Gasteiger partial charge in [0.25, 0.3) is 5.91 Å². The highest BCUT2D eigenvalue weighted by Crippen LogP contribution is 2.27. The third-order valence-corrected chi connectivity index (χ3v) is 4.29. The zero-order valence-electron chi connectivity index (χ0n) is 11.8. The van der Waals surface area contributed by atoms with E-state index in [1.165, 1.54) is 0 Å². The zero-order chi connectivity index (χ0) is 14.9. The van der Waals surface area contributed by atoms with Crippen LogP contribution in [-0.4, -0.2) is 5.91 Å². The first-order chi connectivity index (χ1) is 9.40. The van der Waals surface area contributed by atoms with Gasteiger partial charge in [0.2, 0.25) is 0 Å². The predicted molar refractivity (Wildman–Crippen MR) is 87.2 cm³/mol. The highest BCUT2D eigenvalue weighted by Gasteiger charge is 2.12. The van der Waals surface area contributed by atoms with Gasteiger partial charge in [-0.3, -0.25) is 4.79 Å². The van der Waals surface area contributed by atoms with Crippen molar-refractivity contribution in [1.82, 2.24) is 0 Å². The number of benzene rings is 2. The van der Waals surface area contributed by atoms with Gasteiger partial charge in [-0.05, 0) is 55.7 Å². The maximum atomic E-state index is 12.3. The van der Waals surface area contributed by atoms with Crippen LogP contribution in [0.15, 0.2) is 34.8 Å². The Balaban J connectivity index is 2.32. The highest BCUT2D eigenvalue weighted by molar-refractivity contribution is 9.10. The van der Waals surface area contributed by atoms with Crippen molar-refractivity contribution in [2.75, 3.05) is 11.1 Å². The summed E-state index contributed by atoms with van der Waals surface area (Å²) in [7, 11) is 0. The second kappa shape index (κ2) is 5.67. The van der Waals surface area contributed by atoms with Crippen LogP contribution in [0.2, 0.25) is 0 Å². The lowest BCUT2D eigenvalue weighted by molar-refractivity contribution is 0.102. The molecule has 0 aromatic heterocycles. The Bertz CT molecular complexity index is 680. The van der Waals surface area contributed by atoms with E-state index in [0.29, 0.717) is 16.9 Å². The Morgan fingerprint density at radius 2 is 1.75 bits per heavy atom. The smallest absolute Gasteiger partial charge is 0.255 e. The molecule has 0 atom stereocenters. The lowest BCUT2D eigenvalue weighted by Crippen LogP contribution is -2.14. The van der Waals surface area contributed by atoms with E-state index in [9.17, 15) is 4.79 Å². The molecule has 4 heteroatoms. The van der Waals surface area contributed by atoms with E-state index in [0.717, 1.165) is 21.2 Å². The quantitative estimate of drug-likeness (QED) is 0.809. The number of hydrogen-bond donors (Lipinski definition) is 2. The second-order valence-electron chi connectivity index (χ2n) is 4.89. The maximum Gasteiger partial charge on any atom is 0.255 e. The Morgan fingerprint density at radius 1 is 1.10 bits per heavy atom. The number of nitrogen functional groups attached to an aromatic ring is 1. The van der Waals surface area contributed by atoms with Crippen LogP contribution in [0.4, 0.5) is 11.4 Å². The molecular weight excluding hydrogens is 316 g/mol. The molecule has 0 radical (unpaired) electrons. The average Bonchev–Trinajstić information content (AvgIpc) is 2.42. The van der Waals surface area contributed by atoms with E-state index >= 15 is 0 Å². The topological polar surface area (TPSA) is 55.1 Å². The summed E-state index contributed by atoms with van der Waals surface area (Å²) < 4.78 is 0.916. The molecule has 0 spiro atoms. The molecule has 2 aromatic carbocycles. The molecule has 0 bridgehead atoms. The molecule has 0 unspecified atom stereocenters. The first-order valence-corrected chi connectivity index (χ1v) is 7.12. The zero-order valence-corrected chi connectivity index (χ0v) is 13.3. The molecule has 3 nitrogen and oxygen atoms in total. The molecule has 104 valence electrons. The van der Waals surface area contributed by atoms with Crippen LogP contribution in [0.25, 0.3) is 0 Å². The summed E-state index contributed by atoms with van der Waals surface area (Å²) in [5, 5.41) is 2.90. The second-order valence-corrected chi connectivity index (χ2v) is 5.74. The van der Waals surface area contributed by atoms with Crippen LogP contribution in [0.3, 0.4) is 0 Å². The summed E-state index contributed by atoms with van der Waals surface area (Å²) in [5.74, 6) is -0.161. The van der Waals surface area contributed by atoms with Crippen LogP contribution in [0.1, 0.15) is 27.0 Å². The third-order valence-electron chi connectivity index (χ3n) is 3.44. The molecule has 0 fully saturated rings. The van der Waals surface area contributed by atoms with Gasteiger partial charge in [0.05, 0.1) is 11.4 Å². The number of hydrogen-bond acceptors (Lipinski definition) is 2. The monoisotopic (exact) mass is 332 g/mol. The van der Waals surface area contributed by atoms with Crippen molar-refractivity contribution in [3.05, 3.63) is 57.1 Å². The van der Waals surface area contributed by atoms with E-state index in [1.54, 1.807) is 6.07 Å². The van der Waals surface area contributed by atoms with Gasteiger partial charge in [0, 0.05) is 10.0 Å². The molecule has 2 aromatic rings. The fourth-order valence-corrected chi connectivity index (χ4v) is 2.30. The number of nitrogens with one attached hydrogen (secondary N) is 1. The van der Waals surface area contributed by atoms with Crippen molar-refractivity contribution in [3.63, 3.8) is 0 Å². The molecule has 0 aliphatic rings. The van der Waals surface area contributed by atoms with Gasteiger partial charge >= 0.3 is 0 Å². The molecule has 0 saturated carbocycles. The first-order valence-electron chi connectivity index (χ1n) is 6.33. The summed E-state index contributed by atoms with van der Waals surface area (Å²) >= 11 is 3.44. The van der Waals surface area contributed by atoms with Crippen LogP contribution in [-0.2, 0) is 0 Å². The Labute approximate surface area is 127 Å². The molecule has 0 aliphatic carbocycles. The number of anilines is 2. The summed E-state index contributed by atoms with van der Waals surface area (Å²) in [6.07, 6.45) is 0. The van der Waals surface area contributed by atoms with Crippen molar-refractivity contribution >= 4 is 33.2 Å². The minimum Gasteiger partial charge on any atom is -0.397 e. The number of amides is 1. The predicted octanol–water partition coefficient (Wildman–Crippen LogP) is 4.21. The number of halogens is 1. The van der Waals surface area contributed by atoms with E-state index in [2.05, 4.69) is 21.2 Å². The van der Waals surface area contributed by atoms with Gasteiger partial charge in [0.1, 0.15) is 0 Å². The van der Waals surface area contributed by atoms with Crippen LogP contribution < -0.4 is 11.1 Å². The lowest BCUT2D eigenvalue weighted by atomic mass is 10.1. The van der Waals surface area contributed by atoms with Gasteiger partial charge in [-0.15, -0.1) is 0 Å². The van der Waals surface area contributed by atoms with Gasteiger partial charge in [-0.25, -0.2) is 0 Å². The van der Waals surface area contributed by atoms with Crippen LogP contribution in [0, 0.1) is 20.8 Å². The van der Waals surface area contributed by atoms with Gasteiger partial charge in [-0.2, -0.15) is 0 Å². The van der Waals surface area contributed by atoms with Gasteiger partial charge < -0.3 is 11.1 Å². The van der Waals surface area contributed by atoms with E-state index < -0.39 is 0 Å². The molecule has 3 N–H and O–H groups in total. The lowest BCUT2D eigenvalue weighted by Gasteiger charge is -2.13. The van der Waals surface area contributed by atoms with Gasteiger partial charge in [0.15, 0.2) is 0 Å². The minimum atomic E-state index is -0.161. The first kappa shape index (κ1) is 14.6. The van der Waals surface area contributed by atoms with Crippen molar-refractivity contribution < 1.29 is 4.79 Å². The number of carbonyl (C=O) groups is 1. The normalized spacial score (nSPS) is 10.4. The molecule has 0 saturated heterocycles. The molecule has 0 aliphatic heterocycles. The largest absolute Gasteiger partial charge is 0.397 e. The fourth-order valence-electron chi connectivity index (χ4n) is 1.92. The molecule has 20 heavy (non-hydrogen) atoms. The maximum absolute atomic E-state index is 12.3. The SMILES string of the molecule is Cc1ccc(C(=O)Nc2c(N)ccc(C)c2C)cc1Br. The summed E-state index contributed by atoms with van der Waals surface area (Å²) in [4.78, 5) is 12.3. The van der Waals surface area contributed by atoms with Crippen LogP contribution in [0.5, 0.6) is 0 Å². The third kappa shape index (κ3) is 2.85. The van der Waals surface area contributed by atoms with Crippen molar-refractivity contribution in [2.24, 2.45) is 0 Å². The average molecular weight is 333 g/mol. The number of nitrogens with two attached hydrogens (primary N) is 1. The summed E-state index contributed by atoms with van der Waals surface area (Å²) in [5.41, 5.74) is 11.0. The van der Waals surface area contributed by atoms with Crippen molar-refractivity contribution in [2.45, 2.75) is 20.8 Å². The molecular formula is C16H17BrN2O. The van der Waals surface area contributed by atoms with Gasteiger partial charge in [-0.1, -0.05) is 28.1 Å². The molecule has 0 heterocycles. The van der Waals surface area contributed by atoms with Crippen LogP contribution >= 0.6 is 15.9 Å². The number of carbonyl (C=O) groups excluding carboxylic acids is 1. The Morgan fingerprint density at radius 3 is 2.40 bits per heavy atom. The number of rotatable bonds is 2. The Hall–Kier alpha value is -1.81. The van der Waals surface area contributed by atoms with E-state index in [1.807, 2.05) is 45.0 Å². The summed E-state index contributed by atoms with van der Waals surface area (Å²) in [6, 6.07) is 9.28. The summed E-state index contributed by atoms with van der Waals surface area (Å²) in [6.45, 7) is 5.92. The Kier molecular flexibility index (Phi) is 4.14. The molecule has 1 amide bonds. The minimum absolute atomic E-state index is 0.161. The van der Waals surface area contributed by atoms with Crippen molar-refractivity contribution in [3.8, 4) is 0 Å². The van der Waals surface area contributed by atoms with Crippen molar-refractivity contribution in [1.29, 1.82) is 0 Å². The number of aryl methyl sites for hydroxylation is 2. The standard InChI is InChI=1S/C16H17BrN2O/c1-9-5-7-14(18)15(11(9)3)19-16(20)12-6-4-10(2)13(17)8-12/h4-8H,18H2,1-3H3,(H,19,20). The highest BCUT2D eigenvalue weighted by atomic mass is 79.9. The fraction of sp³-hybridized carbons (Fsp3) is 0.188. The van der Waals surface area contributed by atoms with E-state index in [4.69, 9.17) is 5.73 Å². The van der Waals surface area contributed by atoms with E-state index in [-0.39, 0.29) is 5.91 Å². The molecule has 2 rings (SSSR count).